The van der Waals surface area contributed by atoms with Crippen LogP contribution in [-0.2, 0) is 54.4 Å². The highest BCUT2D eigenvalue weighted by Gasteiger charge is 2.40. The van der Waals surface area contributed by atoms with Crippen LogP contribution in [0.3, 0.4) is 0 Å². The normalized spacial score (nSPS) is 16.9. The third-order valence-electron chi connectivity index (χ3n) is 11.9. The zero-order valence-electron chi connectivity index (χ0n) is 43.5. The number of aliphatic hydroxyl groups excluding tert-OH is 2. The monoisotopic (exact) mass is 1060 g/mol. The molecule has 1 aliphatic rings. The SMILES string of the molecule is CC(C)C[C@H](NC(=O)[C@H](CC(=O)O)NC(=O)[C@@H](CC(C)C)NC(=O)[C@@H](NC(=O)[C@@H](NC(=O)[C@@H]1CCCN1C(=O)[C@@H](N)CO)C(C)C)[C@@H](C)O)C(=O)N[C@@H](CCCN=C(N)N)C(=O)N[C@@H](Cc1ccc(O)cc1)C(=O)O. The van der Waals surface area contributed by atoms with Gasteiger partial charge in [-0.25, -0.2) is 4.79 Å². The molecule has 2 rings (SSSR count). The van der Waals surface area contributed by atoms with Gasteiger partial charge in [0, 0.05) is 19.5 Å². The molecule has 1 aliphatic heterocycles. The summed E-state index contributed by atoms with van der Waals surface area (Å²) >= 11 is 0. The first-order valence-electron chi connectivity index (χ1n) is 24.8. The van der Waals surface area contributed by atoms with Gasteiger partial charge in [0.05, 0.1) is 19.1 Å². The van der Waals surface area contributed by atoms with Crippen LogP contribution in [0, 0.1) is 17.8 Å². The average Bonchev–Trinajstić information content (AvgIpc) is 3.82. The number of likely N-dealkylation sites (tertiary alicyclic amines) is 1. The molecule has 10 atom stereocenters. The number of amides is 8. The summed E-state index contributed by atoms with van der Waals surface area (Å²) in [5.41, 5.74) is 17.0. The Hall–Kier alpha value is -7.13. The molecule has 0 saturated carbocycles. The van der Waals surface area contributed by atoms with Gasteiger partial charge < -0.3 is 84.9 Å². The lowest BCUT2D eigenvalue weighted by atomic mass is 9.99. The number of nitrogens with one attached hydrogen (secondary N) is 7. The predicted octanol–water partition coefficient (Wildman–Crippen LogP) is -3.62. The highest BCUT2D eigenvalue weighted by molar-refractivity contribution is 5.99. The summed E-state index contributed by atoms with van der Waals surface area (Å²) in [5, 5.41) is 66.8. The average molecular weight is 1060 g/mol. The summed E-state index contributed by atoms with van der Waals surface area (Å²) in [5.74, 6) is -11.9. The molecule has 1 aromatic rings. The molecular weight excluding hydrogens is 985 g/mol. The van der Waals surface area contributed by atoms with E-state index in [0.717, 1.165) is 0 Å². The van der Waals surface area contributed by atoms with Gasteiger partial charge in [-0.2, -0.15) is 0 Å². The number of aliphatic carboxylic acids is 2. The van der Waals surface area contributed by atoms with Gasteiger partial charge in [0.25, 0.3) is 0 Å². The summed E-state index contributed by atoms with van der Waals surface area (Å²) in [6.45, 7) is 10.7. The van der Waals surface area contributed by atoms with Crippen molar-refractivity contribution >= 4 is 65.2 Å². The first-order chi connectivity index (χ1) is 35.1. The number of carbonyl (C=O) groups excluding carboxylic acids is 8. The number of aliphatic hydroxyl groups is 2. The molecule has 0 radical (unpaired) electrons. The van der Waals surface area contributed by atoms with Crippen LogP contribution in [0.2, 0.25) is 0 Å². The first kappa shape index (κ1) is 64.0. The van der Waals surface area contributed by atoms with Crippen molar-refractivity contribution < 1.29 is 73.5 Å². The van der Waals surface area contributed by atoms with Crippen LogP contribution in [0.4, 0.5) is 0 Å². The third kappa shape index (κ3) is 21.7. The van der Waals surface area contributed by atoms with E-state index >= 15 is 0 Å². The molecule has 8 amide bonds. The van der Waals surface area contributed by atoms with Gasteiger partial charge in [-0.3, -0.25) is 48.1 Å². The zero-order chi connectivity index (χ0) is 56.9. The first-order valence-corrected chi connectivity index (χ1v) is 24.8. The van der Waals surface area contributed by atoms with Crippen LogP contribution in [0.15, 0.2) is 29.3 Å². The number of carboxylic acid groups (broad SMARTS) is 2. The fraction of sp³-hybridized carbons (Fsp3) is 0.646. The van der Waals surface area contributed by atoms with Crippen molar-refractivity contribution in [1.29, 1.82) is 0 Å². The van der Waals surface area contributed by atoms with E-state index < -0.39 is 139 Å². The lowest BCUT2D eigenvalue weighted by molar-refractivity contribution is -0.142. The number of carbonyl (C=O) groups is 10. The second kappa shape index (κ2) is 30.9. The van der Waals surface area contributed by atoms with E-state index in [1.165, 1.54) is 36.1 Å². The number of hydrogen-bond donors (Lipinski definition) is 15. The number of benzene rings is 1. The van der Waals surface area contributed by atoms with E-state index in [1.807, 2.05) is 0 Å². The second-order valence-corrected chi connectivity index (χ2v) is 19.8. The number of aromatic hydroxyl groups is 1. The zero-order valence-corrected chi connectivity index (χ0v) is 43.5. The Labute approximate surface area is 435 Å². The number of guanidine groups is 1. The molecule has 1 fully saturated rings. The van der Waals surface area contributed by atoms with Crippen LogP contribution in [0.1, 0.15) is 99.0 Å². The van der Waals surface area contributed by atoms with Crippen molar-refractivity contribution in [2.24, 2.45) is 39.9 Å². The molecular formula is C48H78N12O15. The summed E-state index contributed by atoms with van der Waals surface area (Å²) < 4.78 is 0. The predicted molar refractivity (Wildman–Crippen MR) is 270 cm³/mol. The van der Waals surface area contributed by atoms with Crippen LogP contribution in [-0.4, -0.2) is 176 Å². The summed E-state index contributed by atoms with van der Waals surface area (Å²) in [6, 6.07) is -7.43. The molecule has 0 aromatic heterocycles. The highest BCUT2D eigenvalue weighted by atomic mass is 16.4. The Morgan fingerprint density at radius 3 is 1.67 bits per heavy atom. The van der Waals surface area contributed by atoms with Crippen molar-refractivity contribution in [3.63, 3.8) is 0 Å². The van der Waals surface area contributed by atoms with Gasteiger partial charge in [0.1, 0.15) is 60.1 Å². The van der Waals surface area contributed by atoms with Crippen LogP contribution in [0.25, 0.3) is 0 Å². The number of nitrogens with zero attached hydrogens (tertiary/aromatic N) is 2. The van der Waals surface area contributed by atoms with E-state index in [1.54, 1.807) is 41.5 Å². The molecule has 0 spiro atoms. The Bertz CT molecular complexity index is 2170. The number of carboxylic acids is 2. The summed E-state index contributed by atoms with van der Waals surface area (Å²) in [7, 11) is 0. The van der Waals surface area contributed by atoms with Crippen molar-refractivity contribution in [3.05, 3.63) is 29.8 Å². The highest BCUT2D eigenvalue weighted by Crippen LogP contribution is 2.20. The minimum absolute atomic E-state index is 0.0138. The smallest absolute Gasteiger partial charge is 0.326 e. The molecule has 0 unspecified atom stereocenters. The lowest BCUT2D eigenvalue weighted by Gasteiger charge is -2.31. The molecule has 1 aromatic carbocycles. The topological polar surface area (TPSA) is 450 Å². The molecule has 75 heavy (non-hydrogen) atoms. The van der Waals surface area contributed by atoms with Gasteiger partial charge in [-0.05, 0) is 80.9 Å². The Kier molecular flexibility index (Phi) is 26.4. The standard InChI is InChI=1S/C48H78N12O15/c1-23(2)18-31(40(67)53-30(10-8-16-52-48(50)51)39(66)57-34(47(74)75)20-27-12-14-28(63)15-13-27)54-42(69)33(21-36(64)65)55-41(68)32(19-24(3)4)56-45(72)38(26(7)62)59-44(71)37(25(5)6)58-43(70)35-11-9-17-60(35)46(73)29(49)22-61/h12-15,23-26,29-35,37-38,61-63H,8-11,16-22,49H2,1-7H3,(H,53,67)(H,54,69)(H,55,68)(H,56,72)(H,57,66)(H,58,70)(H,59,71)(H,64,65)(H,74,75)(H4,50,51,52)/t26-,29+,30+,31+,32-,33+,34+,35+,37+,38+/m1/s1. The summed E-state index contributed by atoms with van der Waals surface area (Å²) in [4.78, 5) is 139. The van der Waals surface area contributed by atoms with Gasteiger partial charge >= 0.3 is 11.9 Å². The number of phenols is 1. The fourth-order valence-corrected chi connectivity index (χ4v) is 8.01. The molecule has 27 heteroatoms. The van der Waals surface area contributed by atoms with Gasteiger partial charge in [-0.15, -0.1) is 0 Å². The third-order valence-corrected chi connectivity index (χ3v) is 11.9. The second-order valence-electron chi connectivity index (χ2n) is 19.8. The van der Waals surface area contributed by atoms with E-state index in [-0.39, 0.29) is 75.2 Å². The maximum atomic E-state index is 14.0. The van der Waals surface area contributed by atoms with Crippen LogP contribution in [0.5, 0.6) is 5.75 Å². The molecule has 1 saturated heterocycles. The Morgan fingerprint density at radius 1 is 0.680 bits per heavy atom. The van der Waals surface area contributed by atoms with E-state index in [4.69, 9.17) is 17.2 Å². The number of aliphatic imine (C=N–C) groups is 1. The molecule has 420 valence electrons. The Morgan fingerprint density at radius 2 is 1.17 bits per heavy atom. The quantitative estimate of drug-likeness (QED) is 0.0194. The largest absolute Gasteiger partial charge is 0.508 e. The lowest BCUT2D eigenvalue weighted by Crippen LogP contribution is -2.62. The molecule has 0 bridgehead atoms. The van der Waals surface area contributed by atoms with Crippen molar-refractivity contribution in [2.75, 3.05) is 19.7 Å². The van der Waals surface area contributed by atoms with Gasteiger partial charge in [0.15, 0.2) is 5.96 Å². The molecule has 0 aliphatic carbocycles. The number of phenolic OH excluding ortho intramolecular Hbond substituents is 1. The fourth-order valence-electron chi connectivity index (χ4n) is 8.01. The van der Waals surface area contributed by atoms with E-state index in [9.17, 15) is 73.5 Å². The minimum atomic E-state index is -1.87. The molecule has 27 nitrogen and oxygen atoms in total. The number of nitrogens with two attached hydrogens (primary N) is 3. The van der Waals surface area contributed by atoms with Crippen molar-refractivity contribution in [2.45, 2.75) is 160 Å². The number of hydrogen-bond acceptors (Lipinski definition) is 15. The molecule has 18 N–H and O–H groups in total. The Balaban J connectivity index is 2.35. The van der Waals surface area contributed by atoms with Gasteiger partial charge in [0.2, 0.25) is 47.3 Å². The van der Waals surface area contributed by atoms with Crippen LogP contribution < -0.4 is 54.4 Å². The number of rotatable bonds is 31. The van der Waals surface area contributed by atoms with Crippen molar-refractivity contribution in [1.82, 2.24) is 42.1 Å². The van der Waals surface area contributed by atoms with Gasteiger partial charge in [-0.1, -0.05) is 53.7 Å². The van der Waals surface area contributed by atoms with Crippen molar-refractivity contribution in [3.8, 4) is 5.75 Å². The van der Waals surface area contributed by atoms with Crippen LogP contribution >= 0.6 is 0 Å². The molecule has 1 heterocycles. The van der Waals surface area contributed by atoms with E-state index in [2.05, 4.69) is 42.2 Å². The summed E-state index contributed by atoms with van der Waals surface area (Å²) in [6.07, 6.45) is -2.31. The van der Waals surface area contributed by atoms with E-state index in [0.29, 0.717) is 12.0 Å². The maximum Gasteiger partial charge on any atom is 0.326 e. The maximum absolute atomic E-state index is 14.0. The minimum Gasteiger partial charge on any atom is -0.508 e.